The molecule has 164 valence electrons. The molecule has 0 aromatic carbocycles. The SMILES string of the molecule is Cc1cc2cccccc-2c1C(c1c(C)cc2cccccc1-2)c1c(C)cc2cccccc1-2. The molecule has 0 bridgehead atoms. The summed E-state index contributed by atoms with van der Waals surface area (Å²) in [4.78, 5) is 0. The van der Waals surface area contributed by atoms with Gasteiger partial charge in [0.05, 0.1) is 0 Å². The third-order valence-electron chi connectivity index (χ3n) is 7.34. The average Bonchev–Trinajstić information content (AvgIpc) is 3.14. The third kappa shape index (κ3) is 3.22. The Labute approximate surface area is 202 Å². The molecule has 0 spiro atoms. The van der Waals surface area contributed by atoms with Gasteiger partial charge in [-0.3, -0.25) is 0 Å². The maximum Gasteiger partial charge on any atom is 0.0366 e. The summed E-state index contributed by atoms with van der Waals surface area (Å²) in [5, 5.41) is 0. The van der Waals surface area contributed by atoms with E-state index in [1.807, 2.05) is 0 Å². The first kappa shape index (κ1) is 20.7. The minimum atomic E-state index is 0.152. The molecule has 0 nitrogen and oxygen atoms in total. The standard InChI is InChI=1S/C34H28/c1-22-19-25-13-7-4-10-16-28(25)31(22)34(32-23(2)20-26-14-8-5-11-17-29(26)32)33-24(3)21-27-15-9-6-12-18-30(27)33/h4-21,34H,1-3H3. The fourth-order valence-corrected chi connectivity index (χ4v) is 5.95. The largest absolute Gasteiger partial charge is 0.0622 e. The molecule has 0 aliphatic heterocycles. The van der Waals surface area contributed by atoms with Crippen LogP contribution >= 0.6 is 0 Å². The van der Waals surface area contributed by atoms with Crippen molar-refractivity contribution in [1.82, 2.24) is 0 Å². The fraction of sp³-hybridized carbons (Fsp3) is 0.118. The van der Waals surface area contributed by atoms with E-state index in [1.54, 1.807) is 0 Å². The Morgan fingerprint density at radius 1 is 0.382 bits per heavy atom. The molecule has 0 N–H and O–H groups in total. The van der Waals surface area contributed by atoms with Crippen LogP contribution in [-0.4, -0.2) is 0 Å². The van der Waals surface area contributed by atoms with E-state index >= 15 is 0 Å². The number of fused-ring (bicyclic) bond motifs is 3. The zero-order valence-electron chi connectivity index (χ0n) is 20.0. The highest BCUT2D eigenvalue weighted by atomic mass is 14.4. The lowest BCUT2D eigenvalue weighted by Gasteiger charge is -2.24. The van der Waals surface area contributed by atoms with Crippen LogP contribution in [0.25, 0.3) is 33.4 Å². The van der Waals surface area contributed by atoms with E-state index in [0.717, 1.165) is 0 Å². The molecule has 0 saturated carbocycles. The first-order valence-corrected chi connectivity index (χ1v) is 12.1. The molecule has 0 atom stereocenters. The van der Waals surface area contributed by atoms with Crippen molar-refractivity contribution in [2.24, 2.45) is 0 Å². The van der Waals surface area contributed by atoms with Crippen LogP contribution in [0.5, 0.6) is 0 Å². The highest BCUT2D eigenvalue weighted by Crippen LogP contribution is 2.51. The molecule has 0 aromatic heterocycles. The molecule has 0 aromatic rings. The molecular formula is C34H28. The van der Waals surface area contributed by atoms with Gasteiger partial charge in [-0.25, -0.2) is 0 Å². The van der Waals surface area contributed by atoms with Crippen molar-refractivity contribution in [3.8, 4) is 33.4 Å². The van der Waals surface area contributed by atoms with E-state index in [4.69, 9.17) is 0 Å². The molecule has 34 heavy (non-hydrogen) atoms. The summed E-state index contributed by atoms with van der Waals surface area (Å²) in [6.45, 7) is 6.84. The number of aryl methyl sites for hydroxylation is 3. The van der Waals surface area contributed by atoms with Crippen molar-refractivity contribution < 1.29 is 0 Å². The molecule has 0 fully saturated rings. The minimum Gasteiger partial charge on any atom is -0.0622 e. The van der Waals surface area contributed by atoms with Crippen LogP contribution in [-0.2, 0) is 0 Å². The van der Waals surface area contributed by atoms with Crippen LogP contribution in [0.3, 0.4) is 0 Å². The summed E-state index contributed by atoms with van der Waals surface area (Å²) in [7, 11) is 0. The number of rotatable bonds is 3. The van der Waals surface area contributed by atoms with Crippen LogP contribution in [0.1, 0.15) is 39.3 Å². The van der Waals surface area contributed by atoms with Gasteiger partial charge >= 0.3 is 0 Å². The molecule has 6 aliphatic carbocycles. The summed E-state index contributed by atoms with van der Waals surface area (Å²) < 4.78 is 0. The summed E-state index contributed by atoms with van der Waals surface area (Å²) in [6, 6.07) is 40.0. The van der Waals surface area contributed by atoms with Crippen molar-refractivity contribution in [2.45, 2.75) is 26.7 Å². The van der Waals surface area contributed by atoms with Gasteiger partial charge in [-0.1, -0.05) is 109 Å². The Morgan fingerprint density at radius 2 is 0.676 bits per heavy atom. The summed E-state index contributed by atoms with van der Waals surface area (Å²) in [5.74, 6) is 0.152. The topological polar surface area (TPSA) is 0 Å². The first-order valence-electron chi connectivity index (χ1n) is 12.1. The molecule has 0 radical (unpaired) electrons. The zero-order chi connectivity index (χ0) is 23.2. The van der Waals surface area contributed by atoms with E-state index in [1.165, 1.54) is 66.8 Å². The van der Waals surface area contributed by atoms with Gasteiger partial charge in [0.1, 0.15) is 0 Å². The highest BCUT2D eigenvalue weighted by Gasteiger charge is 2.32. The Kier molecular flexibility index (Phi) is 4.96. The fourth-order valence-electron chi connectivity index (χ4n) is 5.95. The monoisotopic (exact) mass is 436 g/mol. The van der Waals surface area contributed by atoms with Crippen molar-refractivity contribution in [3.05, 3.63) is 143 Å². The molecule has 0 amide bonds. The molecule has 0 heterocycles. The molecular weight excluding hydrogens is 408 g/mol. The average molecular weight is 437 g/mol. The summed E-state index contributed by atoms with van der Waals surface area (Å²) in [6.07, 6.45) is 0. The number of hydrogen-bond acceptors (Lipinski definition) is 0. The van der Waals surface area contributed by atoms with E-state index in [9.17, 15) is 0 Å². The maximum atomic E-state index is 2.36. The molecule has 0 saturated heterocycles. The highest BCUT2D eigenvalue weighted by molar-refractivity contribution is 5.84. The molecule has 0 unspecified atom stereocenters. The van der Waals surface area contributed by atoms with Crippen molar-refractivity contribution >= 4 is 0 Å². The predicted molar refractivity (Wildman–Crippen MR) is 144 cm³/mol. The Balaban J connectivity index is 1.74. The van der Waals surface area contributed by atoms with Crippen molar-refractivity contribution in [1.29, 1.82) is 0 Å². The van der Waals surface area contributed by atoms with Gasteiger partial charge in [0, 0.05) is 5.92 Å². The van der Waals surface area contributed by atoms with Crippen LogP contribution < -0.4 is 0 Å². The van der Waals surface area contributed by atoms with E-state index in [0.29, 0.717) is 0 Å². The first-order chi connectivity index (χ1) is 16.6. The second-order valence-electron chi connectivity index (χ2n) is 9.50. The van der Waals surface area contributed by atoms with Gasteiger partial charge in [0.2, 0.25) is 0 Å². The van der Waals surface area contributed by atoms with E-state index in [-0.39, 0.29) is 5.92 Å². The van der Waals surface area contributed by atoms with Crippen molar-refractivity contribution in [3.63, 3.8) is 0 Å². The van der Waals surface area contributed by atoms with Gasteiger partial charge in [-0.2, -0.15) is 0 Å². The Bertz CT molecular complexity index is 1350. The van der Waals surface area contributed by atoms with Crippen molar-refractivity contribution in [2.75, 3.05) is 0 Å². The van der Waals surface area contributed by atoms with Crippen LogP contribution in [0.4, 0.5) is 0 Å². The van der Waals surface area contributed by atoms with Crippen LogP contribution in [0, 0.1) is 20.8 Å². The predicted octanol–water partition coefficient (Wildman–Crippen LogP) is 9.11. The quantitative estimate of drug-likeness (QED) is 0.259. The van der Waals surface area contributed by atoms with E-state index < -0.39 is 0 Å². The van der Waals surface area contributed by atoms with Crippen LogP contribution in [0.2, 0.25) is 0 Å². The summed E-state index contributed by atoms with van der Waals surface area (Å²) in [5.41, 5.74) is 16.3. The lowest BCUT2D eigenvalue weighted by molar-refractivity contribution is 0.967. The zero-order valence-corrected chi connectivity index (χ0v) is 20.0. The Morgan fingerprint density at radius 3 is 1.00 bits per heavy atom. The lowest BCUT2D eigenvalue weighted by Crippen LogP contribution is -2.07. The number of hydrogen-bond donors (Lipinski definition) is 0. The van der Waals surface area contributed by atoms with Crippen LogP contribution in [0.15, 0.2) is 109 Å². The molecule has 6 aliphatic rings. The van der Waals surface area contributed by atoms with Gasteiger partial charge in [-0.15, -0.1) is 0 Å². The van der Waals surface area contributed by atoms with Gasteiger partial charge in [0.15, 0.2) is 0 Å². The molecule has 0 heteroatoms. The lowest BCUT2D eigenvalue weighted by atomic mass is 9.79. The smallest absolute Gasteiger partial charge is 0.0366 e. The normalized spacial score (nSPS) is 11.6. The van der Waals surface area contributed by atoms with E-state index in [2.05, 4.69) is 130 Å². The van der Waals surface area contributed by atoms with Gasteiger partial charge in [0.25, 0.3) is 0 Å². The Hall–Kier alpha value is -3.90. The summed E-state index contributed by atoms with van der Waals surface area (Å²) >= 11 is 0. The second kappa shape index (κ2) is 8.15. The minimum absolute atomic E-state index is 0.152. The van der Waals surface area contributed by atoms with Gasteiger partial charge < -0.3 is 0 Å². The molecule has 6 rings (SSSR count). The third-order valence-corrected chi connectivity index (χ3v) is 7.34. The second-order valence-corrected chi connectivity index (χ2v) is 9.50. The van der Waals surface area contributed by atoms with Gasteiger partial charge in [-0.05, 0) is 87.5 Å². The maximum absolute atomic E-state index is 2.36.